The second kappa shape index (κ2) is 13.4. The molecule has 2 aliphatic rings. The van der Waals surface area contributed by atoms with Crippen molar-refractivity contribution in [2.45, 2.75) is 88.8 Å². The zero-order chi connectivity index (χ0) is 27.1. The molecule has 1 saturated carbocycles. The topological polar surface area (TPSA) is 130 Å². The zero-order valence-corrected chi connectivity index (χ0v) is 22.3. The molecular formula is C29H41NO8. The minimum atomic E-state index is -0.517. The van der Waals surface area contributed by atoms with Crippen molar-refractivity contribution in [2.24, 2.45) is 0 Å². The molecule has 0 amide bonds. The van der Waals surface area contributed by atoms with E-state index in [1.54, 1.807) is 25.1 Å². The largest absolute Gasteiger partial charge is 0.504 e. The average molecular weight is 532 g/mol. The molecule has 1 heterocycles. The molecule has 0 radical (unpaired) electrons. The molecule has 9 nitrogen and oxygen atoms in total. The van der Waals surface area contributed by atoms with E-state index in [1.807, 2.05) is 12.1 Å². The summed E-state index contributed by atoms with van der Waals surface area (Å²) in [6.45, 7) is 2.25. The van der Waals surface area contributed by atoms with Crippen molar-refractivity contribution < 1.29 is 39.4 Å². The van der Waals surface area contributed by atoms with Crippen LogP contribution < -0.4 is 19.5 Å². The summed E-state index contributed by atoms with van der Waals surface area (Å²) >= 11 is 0. The Morgan fingerprint density at radius 3 is 2.55 bits per heavy atom. The van der Waals surface area contributed by atoms with Crippen LogP contribution in [0.25, 0.3) is 0 Å². The first kappa shape index (κ1) is 28.3. The lowest BCUT2D eigenvalue weighted by atomic mass is 9.93. The van der Waals surface area contributed by atoms with Crippen LogP contribution in [0, 0.1) is 0 Å². The highest BCUT2D eigenvalue weighted by Crippen LogP contribution is 2.43. The molecule has 0 spiro atoms. The molecule has 9 heteroatoms. The van der Waals surface area contributed by atoms with Crippen molar-refractivity contribution in [1.82, 2.24) is 5.32 Å². The van der Waals surface area contributed by atoms with Gasteiger partial charge in [0.15, 0.2) is 23.0 Å². The summed E-state index contributed by atoms with van der Waals surface area (Å²) in [6, 6.07) is 8.82. The minimum absolute atomic E-state index is 0.0116. The van der Waals surface area contributed by atoms with Gasteiger partial charge in [-0.15, -0.1) is 0 Å². The molecule has 2 fully saturated rings. The van der Waals surface area contributed by atoms with Crippen LogP contribution in [0.5, 0.6) is 28.7 Å². The molecule has 38 heavy (non-hydrogen) atoms. The number of phenolic OH excluding ortho intramolecular Hbond substituents is 2. The number of aryl methyl sites for hydroxylation is 1. The van der Waals surface area contributed by atoms with Crippen LogP contribution in [-0.2, 0) is 11.2 Å². The van der Waals surface area contributed by atoms with E-state index in [9.17, 15) is 20.4 Å². The number of benzene rings is 2. The lowest BCUT2D eigenvalue weighted by Gasteiger charge is -2.34. The number of ether oxygens (including phenoxy) is 4. The van der Waals surface area contributed by atoms with Gasteiger partial charge in [-0.25, -0.2) is 0 Å². The first-order valence-electron chi connectivity index (χ1n) is 13.6. The first-order chi connectivity index (χ1) is 18.3. The van der Waals surface area contributed by atoms with Gasteiger partial charge >= 0.3 is 0 Å². The van der Waals surface area contributed by atoms with E-state index in [0.29, 0.717) is 49.5 Å². The maximum Gasteiger partial charge on any atom is 0.200 e. The van der Waals surface area contributed by atoms with Gasteiger partial charge in [-0.2, -0.15) is 0 Å². The number of hydrogen-bond donors (Lipinski definition) is 5. The van der Waals surface area contributed by atoms with Crippen molar-refractivity contribution in [2.75, 3.05) is 20.4 Å². The molecule has 4 atom stereocenters. The van der Waals surface area contributed by atoms with Crippen molar-refractivity contribution in [3.05, 3.63) is 41.5 Å². The molecule has 5 N–H and O–H groups in total. The standard InChI is InChI=1S/C29H41NO8/c1-18(31)16-30-17-36-26-11-19(8-10-24(26)33)7-9-23-14-21(32)15-25(38-23)20-12-27(35-2)29(34)28(13-20)37-22-5-3-4-6-22/h8,10-13,18,21-23,25,30-34H,3-7,9,14-17H2,1-2H3/t18-,21-,23-,25-/m0/s1. The molecular weight excluding hydrogens is 490 g/mol. The highest BCUT2D eigenvalue weighted by Gasteiger charge is 2.31. The Labute approximate surface area is 224 Å². The summed E-state index contributed by atoms with van der Waals surface area (Å²) in [4.78, 5) is 0. The van der Waals surface area contributed by atoms with Crippen LogP contribution in [0.2, 0.25) is 0 Å². The van der Waals surface area contributed by atoms with E-state index in [2.05, 4.69) is 5.32 Å². The number of phenols is 2. The summed E-state index contributed by atoms with van der Waals surface area (Å²) in [5, 5.41) is 43.7. The first-order valence-corrected chi connectivity index (χ1v) is 13.6. The molecule has 0 aromatic heterocycles. The van der Waals surface area contributed by atoms with Crippen LogP contribution in [0.3, 0.4) is 0 Å². The Morgan fingerprint density at radius 2 is 1.82 bits per heavy atom. The number of hydrogen-bond acceptors (Lipinski definition) is 9. The molecule has 4 rings (SSSR count). The fourth-order valence-electron chi connectivity index (χ4n) is 5.16. The quantitative estimate of drug-likeness (QED) is 0.204. The Bertz CT molecular complexity index is 1040. The Balaban J connectivity index is 1.39. The zero-order valence-electron chi connectivity index (χ0n) is 22.3. The molecule has 0 bridgehead atoms. The van der Waals surface area contributed by atoms with Gasteiger partial charge in [0.1, 0.15) is 6.73 Å². The average Bonchev–Trinajstić information content (AvgIpc) is 3.40. The van der Waals surface area contributed by atoms with E-state index in [0.717, 1.165) is 36.8 Å². The van der Waals surface area contributed by atoms with Crippen molar-refractivity contribution in [3.8, 4) is 28.7 Å². The molecule has 1 aliphatic carbocycles. The second-order valence-corrected chi connectivity index (χ2v) is 10.4. The maximum atomic E-state index is 10.7. The molecule has 210 valence electrons. The highest BCUT2D eigenvalue weighted by molar-refractivity contribution is 5.53. The van der Waals surface area contributed by atoms with Crippen molar-refractivity contribution in [1.29, 1.82) is 0 Å². The Kier molecular flexibility index (Phi) is 9.96. The fourth-order valence-corrected chi connectivity index (χ4v) is 5.16. The highest BCUT2D eigenvalue weighted by atomic mass is 16.5. The number of aliphatic hydroxyl groups excluding tert-OH is 2. The Morgan fingerprint density at radius 1 is 1.05 bits per heavy atom. The van der Waals surface area contributed by atoms with Gasteiger partial charge in [0.05, 0.1) is 37.6 Å². The number of aromatic hydroxyl groups is 2. The summed E-state index contributed by atoms with van der Waals surface area (Å²) in [5.41, 5.74) is 1.79. The molecule has 2 aromatic carbocycles. The summed E-state index contributed by atoms with van der Waals surface area (Å²) in [7, 11) is 1.51. The summed E-state index contributed by atoms with van der Waals surface area (Å²) in [5.74, 6) is 1.13. The smallest absolute Gasteiger partial charge is 0.200 e. The van der Waals surface area contributed by atoms with Crippen LogP contribution in [-0.4, -0.2) is 65.2 Å². The van der Waals surface area contributed by atoms with Crippen LogP contribution in [0.1, 0.15) is 69.1 Å². The van der Waals surface area contributed by atoms with Crippen molar-refractivity contribution in [3.63, 3.8) is 0 Å². The van der Waals surface area contributed by atoms with Crippen LogP contribution in [0.15, 0.2) is 30.3 Å². The molecule has 2 aromatic rings. The SMILES string of the molecule is COc1cc([C@@H]2C[C@@H](O)C[C@H](CCc3ccc(O)c(OCNC[C@H](C)O)c3)O2)cc(OC2CCCC2)c1O. The van der Waals surface area contributed by atoms with Crippen LogP contribution in [0.4, 0.5) is 0 Å². The van der Waals surface area contributed by atoms with E-state index < -0.39 is 12.2 Å². The monoisotopic (exact) mass is 531 g/mol. The number of rotatable bonds is 12. The van der Waals surface area contributed by atoms with E-state index >= 15 is 0 Å². The molecule has 1 saturated heterocycles. The van der Waals surface area contributed by atoms with Crippen LogP contribution >= 0.6 is 0 Å². The predicted molar refractivity (Wildman–Crippen MR) is 142 cm³/mol. The summed E-state index contributed by atoms with van der Waals surface area (Å²) in [6.07, 6.45) is 5.06. The molecule has 1 aliphatic heterocycles. The minimum Gasteiger partial charge on any atom is -0.504 e. The third-order valence-corrected chi connectivity index (χ3v) is 7.18. The fraction of sp³-hybridized carbons (Fsp3) is 0.586. The lowest BCUT2D eigenvalue weighted by molar-refractivity contribution is -0.0999. The summed E-state index contributed by atoms with van der Waals surface area (Å²) < 4.78 is 23.6. The third kappa shape index (κ3) is 7.66. The van der Waals surface area contributed by atoms with Gasteiger partial charge in [0.25, 0.3) is 0 Å². The van der Waals surface area contributed by atoms with Gasteiger partial charge in [0.2, 0.25) is 5.75 Å². The normalized spacial score (nSPS) is 22.8. The maximum absolute atomic E-state index is 10.7. The lowest BCUT2D eigenvalue weighted by Crippen LogP contribution is -2.31. The van der Waals surface area contributed by atoms with Gasteiger partial charge in [-0.1, -0.05) is 6.07 Å². The van der Waals surface area contributed by atoms with E-state index in [-0.39, 0.29) is 36.5 Å². The van der Waals surface area contributed by atoms with Gasteiger partial charge in [-0.3, -0.25) is 5.32 Å². The predicted octanol–water partition coefficient (Wildman–Crippen LogP) is 3.95. The van der Waals surface area contributed by atoms with E-state index in [4.69, 9.17) is 18.9 Å². The van der Waals surface area contributed by atoms with Crippen molar-refractivity contribution >= 4 is 0 Å². The Hall–Kier alpha value is -2.72. The van der Waals surface area contributed by atoms with Gasteiger partial charge < -0.3 is 39.4 Å². The second-order valence-electron chi connectivity index (χ2n) is 10.4. The number of nitrogens with one attached hydrogen (secondary N) is 1. The molecule has 0 unspecified atom stereocenters. The van der Waals surface area contributed by atoms with E-state index in [1.165, 1.54) is 7.11 Å². The van der Waals surface area contributed by atoms with Gasteiger partial charge in [0, 0.05) is 13.0 Å². The number of methoxy groups -OCH3 is 1. The number of aliphatic hydroxyl groups is 2. The van der Waals surface area contributed by atoms with Gasteiger partial charge in [-0.05, 0) is 87.3 Å². The third-order valence-electron chi connectivity index (χ3n) is 7.18.